The van der Waals surface area contributed by atoms with Gasteiger partial charge in [0.25, 0.3) is 0 Å². The monoisotopic (exact) mass is 184 g/mol. The molecule has 0 aliphatic carbocycles. The van der Waals surface area contributed by atoms with Gasteiger partial charge in [0, 0.05) is 5.57 Å². The first-order valence-corrected chi connectivity index (χ1v) is 4.61. The summed E-state index contributed by atoms with van der Waals surface area (Å²) in [5.74, 6) is -0.845. The molecule has 13 heavy (non-hydrogen) atoms. The summed E-state index contributed by atoms with van der Waals surface area (Å²) in [5, 5.41) is 8.11. The van der Waals surface area contributed by atoms with Gasteiger partial charge in [-0.25, -0.2) is 4.79 Å². The SMILES string of the molecule is C/C=C(\C)C(=O)O.CC/C=C\CC. The van der Waals surface area contributed by atoms with E-state index in [1.54, 1.807) is 19.9 Å². The Morgan fingerprint density at radius 3 is 1.69 bits per heavy atom. The highest BCUT2D eigenvalue weighted by atomic mass is 16.4. The first-order valence-electron chi connectivity index (χ1n) is 4.61. The normalized spacial score (nSPS) is 10.9. The minimum Gasteiger partial charge on any atom is -0.478 e. The summed E-state index contributed by atoms with van der Waals surface area (Å²) < 4.78 is 0. The summed E-state index contributed by atoms with van der Waals surface area (Å²) >= 11 is 0. The fraction of sp³-hybridized carbons (Fsp3) is 0.545. The Bertz CT molecular complexity index is 173. The summed E-state index contributed by atoms with van der Waals surface area (Å²) in [4.78, 5) is 9.86. The van der Waals surface area contributed by atoms with Crippen LogP contribution in [0.5, 0.6) is 0 Å². The molecule has 0 aromatic carbocycles. The van der Waals surface area contributed by atoms with Gasteiger partial charge in [0.15, 0.2) is 0 Å². The lowest BCUT2D eigenvalue weighted by Crippen LogP contribution is -1.93. The number of carbonyl (C=O) groups is 1. The zero-order valence-corrected chi connectivity index (χ0v) is 9.00. The second kappa shape index (κ2) is 11.0. The molecule has 0 spiro atoms. The van der Waals surface area contributed by atoms with E-state index in [0.717, 1.165) is 0 Å². The Hall–Kier alpha value is -1.05. The Balaban J connectivity index is 0. The lowest BCUT2D eigenvalue weighted by atomic mass is 10.3. The average molecular weight is 184 g/mol. The van der Waals surface area contributed by atoms with Crippen LogP contribution in [0.25, 0.3) is 0 Å². The van der Waals surface area contributed by atoms with Gasteiger partial charge in [-0.3, -0.25) is 0 Å². The fourth-order valence-electron chi connectivity index (χ4n) is 0.457. The van der Waals surface area contributed by atoms with E-state index in [0.29, 0.717) is 5.57 Å². The molecule has 0 unspecified atom stereocenters. The molecule has 0 saturated carbocycles. The van der Waals surface area contributed by atoms with Crippen LogP contribution in [0.15, 0.2) is 23.8 Å². The van der Waals surface area contributed by atoms with Gasteiger partial charge in [0.05, 0.1) is 0 Å². The van der Waals surface area contributed by atoms with Gasteiger partial charge in [0.2, 0.25) is 0 Å². The third kappa shape index (κ3) is 13.9. The molecule has 0 bridgehead atoms. The third-order valence-corrected chi connectivity index (χ3v) is 1.41. The first-order chi connectivity index (χ1) is 6.09. The fourth-order valence-corrected chi connectivity index (χ4v) is 0.457. The second-order valence-electron chi connectivity index (χ2n) is 2.56. The maximum Gasteiger partial charge on any atom is 0.330 e. The molecule has 0 amide bonds. The van der Waals surface area contributed by atoms with E-state index in [2.05, 4.69) is 26.0 Å². The minimum absolute atomic E-state index is 0.389. The van der Waals surface area contributed by atoms with Crippen molar-refractivity contribution in [1.82, 2.24) is 0 Å². The van der Waals surface area contributed by atoms with Crippen molar-refractivity contribution in [2.24, 2.45) is 0 Å². The van der Waals surface area contributed by atoms with E-state index >= 15 is 0 Å². The number of aliphatic carboxylic acids is 1. The lowest BCUT2D eigenvalue weighted by molar-refractivity contribution is -0.132. The van der Waals surface area contributed by atoms with E-state index in [1.165, 1.54) is 12.8 Å². The molecule has 0 rings (SSSR count). The second-order valence-corrected chi connectivity index (χ2v) is 2.56. The van der Waals surface area contributed by atoms with Crippen LogP contribution in [0.4, 0.5) is 0 Å². The molecular formula is C11H20O2. The van der Waals surface area contributed by atoms with Crippen molar-refractivity contribution in [2.45, 2.75) is 40.5 Å². The van der Waals surface area contributed by atoms with E-state index in [4.69, 9.17) is 5.11 Å². The Kier molecular flexibility index (Phi) is 12.2. The molecule has 0 fully saturated rings. The zero-order chi connectivity index (χ0) is 10.7. The average Bonchev–Trinajstić information content (AvgIpc) is 2.14. The van der Waals surface area contributed by atoms with Crippen LogP contribution >= 0.6 is 0 Å². The number of allylic oxidation sites excluding steroid dienone is 3. The van der Waals surface area contributed by atoms with E-state index < -0.39 is 5.97 Å². The smallest absolute Gasteiger partial charge is 0.330 e. The highest BCUT2D eigenvalue weighted by Gasteiger charge is 1.93. The third-order valence-electron chi connectivity index (χ3n) is 1.41. The molecule has 76 valence electrons. The van der Waals surface area contributed by atoms with Gasteiger partial charge in [-0.2, -0.15) is 0 Å². The predicted octanol–water partition coefficient (Wildman–Crippen LogP) is 3.40. The van der Waals surface area contributed by atoms with Crippen LogP contribution in [0.2, 0.25) is 0 Å². The van der Waals surface area contributed by atoms with Crippen LogP contribution in [-0.4, -0.2) is 11.1 Å². The van der Waals surface area contributed by atoms with E-state index in [1.807, 2.05) is 0 Å². The van der Waals surface area contributed by atoms with Crippen molar-refractivity contribution in [1.29, 1.82) is 0 Å². The van der Waals surface area contributed by atoms with Crippen molar-refractivity contribution in [3.8, 4) is 0 Å². The summed E-state index contributed by atoms with van der Waals surface area (Å²) in [6.45, 7) is 7.55. The van der Waals surface area contributed by atoms with Crippen molar-refractivity contribution < 1.29 is 9.90 Å². The van der Waals surface area contributed by atoms with E-state index in [-0.39, 0.29) is 0 Å². The van der Waals surface area contributed by atoms with Gasteiger partial charge in [-0.15, -0.1) is 0 Å². The van der Waals surface area contributed by atoms with Crippen LogP contribution in [0, 0.1) is 0 Å². The molecule has 1 N–H and O–H groups in total. The van der Waals surface area contributed by atoms with Gasteiger partial charge in [-0.1, -0.05) is 32.1 Å². The molecule has 0 aliphatic heterocycles. The number of rotatable bonds is 3. The van der Waals surface area contributed by atoms with Crippen molar-refractivity contribution in [2.75, 3.05) is 0 Å². The summed E-state index contributed by atoms with van der Waals surface area (Å²) in [6.07, 6.45) is 8.27. The molecule has 0 atom stereocenters. The zero-order valence-electron chi connectivity index (χ0n) is 9.00. The maximum atomic E-state index is 9.86. The molecule has 0 radical (unpaired) electrons. The van der Waals surface area contributed by atoms with Crippen molar-refractivity contribution in [3.63, 3.8) is 0 Å². The van der Waals surface area contributed by atoms with Crippen molar-refractivity contribution in [3.05, 3.63) is 23.8 Å². The van der Waals surface area contributed by atoms with Crippen LogP contribution in [0.3, 0.4) is 0 Å². The maximum absolute atomic E-state index is 9.86. The van der Waals surface area contributed by atoms with Gasteiger partial charge < -0.3 is 5.11 Å². The highest BCUT2D eigenvalue weighted by molar-refractivity contribution is 5.85. The highest BCUT2D eigenvalue weighted by Crippen LogP contribution is 1.87. The molecule has 2 heteroatoms. The molecular weight excluding hydrogens is 164 g/mol. The van der Waals surface area contributed by atoms with Crippen LogP contribution in [-0.2, 0) is 4.79 Å². The number of hydrogen-bond acceptors (Lipinski definition) is 1. The number of carboxylic acids is 1. The molecule has 0 heterocycles. The molecule has 0 aromatic rings. The first kappa shape index (κ1) is 14.5. The summed E-state index contributed by atoms with van der Waals surface area (Å²) in [6, 6.07) is 0. The Labute approximate surface area is 81.0 Å². The molecule has 0 aliphatic rings. The Morgan fingerprint density at radius 1 is 1.23 bits per heavy atom. The summed E-state index contributed by atoms with van der Waals surface area (Å²) in [5.41, 5.74) is 0.389. The predicted molar refractivity (Wildman–Crippen MR) is 56.8 cm³/mol. The topological polar surface area (TPSA) is 37.3 Å². The Morgan fingerprint density at radius 2 is 1.62 bits per heavy atom. The van der Waals surface area contributed by atoms with Crippen LogP contribution in [0.1, 0.15) is 40.5 Å². The summed E-state index contributed by atoms with van der Waals surface area (Å²) in [7, 11) is 0. The van der Waals surface area contributed by atoms with Gasteiger partial charge >= 0.3 is 5.97 Å². The standard InChI is InChI=1S/C6H12.C5H8O2/c1-3-5-6-4-2;1-3-4(2)5(6)7/h5-6H,3-4H2,1-2H3;3H,1-2H3,(H,6,7)/b6-5-;4-3+. The lowest BCUT2D eigenvalue weighted by Gasteiger charge is -1.84. The number of hydrogen-bond donors (Lipinski definition) is 1. The number of carboxylic acid groups (broad SMARTS) is 1. The van der Waals surface area contributed by atoms with Gasteiger partial charge in [0.1, 0.15) is 0 Å². The quantitative estimate of drug-likeness (QED) is 0.539. The van der Waals surface area contributed by atoms with Crippen molar-refractivity contribution >= 4 is 5.97 Å². The molecule has 0 saturated heterocycles. The molecule has 2 nitrogen and oxygen atoms in total. The van der Waals surface area contributed by atoms with Crippen LogP contribution < -0.4 is 0 Å². The van der Waals surface area contributed by atoms with Gasteiger partial charge in [-0.05, 0) is 26.7 Å². The van der Waals surface area contributed by atoms with E-state index in [9.17, 15) is 4.79 Å². The minimum atomic E-state index is -0.845. The largest absolute Gasteiger partial charge is 0.478 e. The molecule has 0 aromatic heterocycles.